The summed E-state index contributed by atoms with van der Waals surface area (Å²) < 4.78 is 0. The molecule has 6 heavy (non-hydrogen) atoms. The van der Waals surface area contributed by atoms with Gasteiger partial charge >= 0.3 is 0 Å². The Morgan fingerprint density at radius 2 is 1.33 bits per heavy atom. The minimum Gasteiger partial charge on any atom is -0.400 e. The predicted molar refractivity (Wildman–Crippen MR) is 20.9 cm³/mol. The van der Waals surface area contributed by atoms with E-state index >= 15 is 0 Å². The molecule has 0 saturated carbocycles. The Labute approximate surface area is 57.3 Å². The Kier molecular flexibility index (Phi) is 109. The Balaban J connectivity index is -0.0000000275. The maximum absolute atomic E-state index is 7.57. The molecule has 38 valence electrons. The van der Waals surface area contributed by atoms with Crippen LogP contribution < -0.4 is 0 Å². The quantitative estimate of drug-likeness (QED) is 0.518. The Morgan fingerprint density at radius 3 is 1.33 bits per heavy atom. The first-order valence-electron chi connectivity index (χ1n) is 1.47. The molecule has 0 radical (unpaired) electrons. The summed E-state index contributed by atoms with van der Waals surface area (Å²) in [6.07, 6.45) is 0. The molecule has 0 heterocycles. The Hall–Kier alpha value is 0.803. The van der Waals surface area contributed by atoms with Gasteiger partial charge in [0, 0.05) is 39.9 Å². The van der Waals surface area contributed by atoms with Crippen molar-refractivity contribution in [1.82, 2.24) is 0 Å². The van der Waals surface area contributed by atoms with Crippen LogP contribution >= 0.6 is 0 Å². The molecule has 2 nitrogen and oxygen atoms in total. The molecule has 0 saturated heterocycles. The maximum atomic E-state index is 7.57. The van der Waals surface area contributed by atoms with Gasteiger partial charge in [-0.1, -0.05) is 0 Å². The smallest absolute Gasteiger partial charge is 0.0402 e. The normalized spacial score (nSPS) is 4.00. The van der Waals surface area contributed by atoms with Gasteiger partial charge in [-0.3, -0.25) is 0 Å². The van der Waals surface area contributed by atoms with Gasteiger partial charge < -0.3 is 10.2 Å². The predicted octanol–water partition coefficient (Wildman–Crippen LogP) is -0.395. The van der Waals surface area contributed by atoms with Gasteiger partial charge in [0.15, 0.2) is 0 Å². The molecule has 0 amide bonds. The molecule has 0 unspecified atom stereocenters. The largest absolute Gasteiger partial charge is 0.400 e. The van der Waals surface area contributed by atoms with E-state index in [9.17, 15) is 0 Å². The van der Waals surface area contributed by atoms with Crippen molar-refractivity contribution in [3.05, 3.63) is 0 Å². The van der Waals surface area contributed by atoms with Crippen molar-refractivity contribution in [2.45, 2.75) is 6.92 Å². The van der Waals surface area contributed by atoms with Crippen LogP contribution in [0.5, 0.6) is 0 Å². The number of hydrogen-bond donors (Lipinski definition) is 2. The summed E-state index contributed by atoms with van der Waals surface area (Å²) >= 11 is 0. The zero-order valence-corrected chi connectivity index (χ0v) is 6.56. The molecule has 0 aromatic rings. The maximum Gasteiger partial charge on any atom is 0.0402 e. The first-order chi connectivity index (χ1) is 2.41. The molecule has 0 rings (SSSR count). The van der Waals surface area contributed by atoms with Crippen molar-refractivity contribution in [3.8, 4) is 0 Å². The van der Waals surface area contributed by atoms with Crippen LogP contribution in [0.2, 0.25) is 0 Å². The van der Waals surface area contributed by atoms with Crippen LogP contribution in [0.4, 0.5) is 0 Å². The summed E-state index contributed by atoms with van der Waals surface area (Å²) in [5, 5.41) is 14.6. The molecular weight excluding hydrogens is 159 g/mol. The monoisotopic (exact) mass is 168 g/mol. The van der Waals surface area contributed by atoms with Gasteiger partial charge in [-0.15, -0.1) is 0 Å². The molecule has 0 spiro atoms. The van der Waals surface area contributed by atoms with Crippen LogP contribution in [0, 0.1) is 0 Å². The molecule has 0 bridgehead atoms. The number of aliphatic hydroxyl groups is 2. The van der Waals surface area contributed by atoms with Gasteiger partial charge in [0.25, 0.3) is 0 Å². The fourth-order valence-electron chi connectivity index (χ4n) is 0. The topological polar surface area (TPSA) is 40.5 Å². The summed E-state index contributed by atoms with van der Waals surface area (Å²) in [5.74, 6) is 0. The van der Waals surface area contributed by atoms with Gasteiger partial charge in [-0.25, -0.2) is 0 Å². The molecule has 0 aliphatic heterocycles. The first kappa shape index (κ1) is 15.8. The minimum atomic E-state index is 0. The Morgan fingerprint density at radius 1 is 1.33 bits per heavy atom. The third-order valence-electron chi connectivity index (χ3n) is 0. The molecule has 2 N–H and O–H groups in total. The number of rotatable bonds is 0. The Bertz CT molecular complexity index is 8.75. The van der Waals surface area contributed by atoms with Crippen molar-refractivity contribution < 1.29 is 36.4 Å². The molecule has 0 aliphatic rings. The van der Waals surface area contributed by atoms with E-state index < -0.39 is 0 Å². The second kappa shape index (κ2) is 41.2. The van der Waals surface area contributed by atoms with E-state index in [0.29, 0.717) is 0 Å². The van der Waals surface area contributed by atoms with E-state index in [1.54, 1.807) is 6.92 Å². The van der Waals surface area contributed by atoms with E-state index in [-0.39, 0.29) is 32.8 Å². The van der Waals surface area contributed by atoms with Crippen molar-refractivity contribution in [3.63, 3.8) is 0 Å². The summed E-state index contributed by atoms with van der Waals surface area (Å²) in [4.78, 5) is 0. The van der Waals surface area contributed by atoms with Crippen LogP contribution in [0.1, 0.15) is 6.92 Å². The molecule has 0 aliphatic carbocycles. The summed E-state index contributed by atoms with van der Waals surface area (Å²) in [6.45, 7) is 1.93. The average molecular weight is 169 g/mol. The molecular formula is C3H10O2Zr. The summed E-state index contributed by atoms with van der Waals surface area (Å²) in [5.41, 5.74) is 0. The molecule has 0 atom stereocenters. The van der Waals surface area contributed by atoms with Crippen molar-refractivity contribution in [2.75, 3.05) is 13.7 Å². The van der Waals surface area contributed by atoms with E-state index in [1.807, 2.05) is 0 Å². The second-order valence-corrected chi connectivity index (χ2v) is 0.316. The second-order valence-electron chi connectivity index (χ2n) is 0.316. The van der Waals surface area contributed by atoms with Gasteiger partial charge in [0.1, 0.15) is 0 Å². The molecule has 0 aromatic carbocycles. The summed E-state index contributed by atoms with van der Waals surface area (Å²) in [6, 6.07) is 0. The van der Waals surface area contributed by atoms with E-state index in [2.05, 4.69) is 0 Å². The fourth-order valence-corrected chi connectivity index (χ4v) is 0. The standard InChI is InChI=1S/C2H6O.CH4O.Zr/c1-2-3;1-2;/h3H,2H2,1H3;2H,1H3;. The third kappa shape index (κ3) is 108. The van der Waals surface area contributed by atoms with Crippen molar-refractivity contribution >= 4 is 0 Å². The van der Waals surface area contributed by atoms with Crippen molar-refractivity contribution in [2.24, 2.45) is 0 Å². The molecule has 3 heteroatoms. The molecule has 0 aromatic heterocycles. The number of hydrogen-bond acceptors (Lipinski definition) is 2. The fraction of sp³-hybridized carbons (Fsp3) is 1.00. The van der Waals surface area contributed by atoms with Crippen LogP contribution in [-0.2, 0) is 26.2 Å². The van der Waals surface area contributed by atoms with Gasteiger partial charge in [-0.2, -0.15) is 0 Å². The zero-order valence-electron chi connectivity index (χ0n) is 4.10. The molecule has 0 fully saturated rings. The minimum absolute atomic E-state index is 0. The van der Waals surface area contributed by atoms with E-state index in [4.69, 9.17) is 10.2 Å². The van der Waals surface area contributed by atoms with Gasteiger partial charge in [0.05, 0.1) is 0 Å². The SMILES string of the molecule is CCO.CO.[Zr]. The van der Waals surface area contributed by atoms with Gasteiger partial charge in [0.2, 0.25) is 0 Å². The van der Waals surface area contributed by atoms with E-state index in [0.717, 1.165) is 7.11 Å². The van der Waals surface area contributed by atoms with E-state index in [1.165, 1.54) is 0 Å². The van der Waals surface area contributed by atoms with Gasteiger partial charge in [-0.05, 0) is 6.92 Å². The van der Waals surface area contributed by atoms with Crippen LogP contribution in [0.3, 0.4) is 0 Å². The van der Waals surface area contributed by atoms with Crippen LogP contribution in [0.25, 0.3) is 0 Å². The average Bonchev–Trinajstić information content (AvgIpc) is 1.46. The number of aliphatic hydroxyl groups excluding tert-OH is 2. The summed E-state index contributed by atoms with van der Waals surface area (Å²) in [7, 11) is 1.00. The first-order valence-corrected chi connectivity index (χ1v) is 1.47. The zero-order chi connectivity index (χ0) is 4.71. The third-order valence-corrected chi connectivity index (χ3v) is 0. The van der Waals surface area contributed by atoms with Crippen molar-refractivity contribution in [1.29, 1.82) is 0 Å². The van der Waals surface area contributed by atoms with Crippen LogP contribution in [0.15, 0.2) is 0 Å². The van der Waals surface area contributed by atoms with Crippen LogP contribution in [-0.4, -0.2) is 23.9 Å².